The second-order valence-corrected chi connectivity index (χ2v) is 8.80. The van der Waals surface area contributed by atoms with Crippen LogP contribution < -0.4 is 4.74 Å². The zero-order valence-corrected chi connectivity index (χ0v) is 21.8. The number of hydrogen-bond acceptors (Lipinski definition) is 11. The van der Waals surface area contributed by atoms with Gasteiger partial charge in [-0.05, 0) is 19.1 Å². The second-order valence-electron chi connectivity index (χ2n) is 7.84. The van der Waals surface area contributed by atoms with Crippen molar-refractivity contribution in [3.05, 3.63) is 23.8 Å². The molecule has 36 heavy (non-hydrogen) atoms. The molecule has 204 valence electrons. The van der Waals surface area contributed by atoms with E-state index in [1.54, 1.807) is 32.2 Å². The fraction of sp³-hybridized carbons (Fsp3) is 0.667. The molecular formula is C24H37NO10S. The van der Waals surface area contributed by atoms with Crippen LogP contribution in [0, 0.1) is 0 Å². The van der Waals surface area contributed by atoms with Gasteiger partial charge in [0, 0.05) is 12.9 Å². The van der Waals surface area contributed by atoms with E-state index in [1.807, 2.05) is 0 Å². The number of aliphatic carboxylic acids is 1. The lowest BCUT2D eigenvalue weighted by Crippen LogP contribution is -2.33. The van der Waals surface area contributed by atoms with Crippen molar-refractivity contribution in [2.45, 2.75) is 12.5 Å². The fourth-order valence-electron chi connectivity index (χ4n) is 2.89. The zero-order chi connectivity index (χ0) is 26.1. The lowest BCUT2D eigenvalue weighted by atomic mass is 10.1. The Morgan fingerprint density at radius 2 is 1.39 bits per heavy atom. The summed E-state index contributed by atoms with van der Waals surface area (Å²) in [5.41, 5.74) is -0.739. The smallest absolute Gasteiger partial charge is 0.332 e. The molecule has 12 heteroatoms. The third kappa shape index (κ3) is 11.0. The van der Waals surface area contributed by atoms with Crippen LogP contribution in [0.3, 0.4) is 0 Å². The van der Waals surface area contributed by atoms with E-state index in [1.165, 1.54) is 11.8 Å². The van der Waals surface area contributed by atoms with Crippen molar-refractivity contribution in [3.63, 3.8) is 0 Å². The Kier molecular flexibility index (Phi) is 14.7. The Bertz CT molecular complexity index is 809. The Morgan fingerprint density at radius 3 is 1.86 bits per heavy atom. The van der Waals surface area contributed by atoms with Crippen molar-refractivity contribution in [3.8, 4) is 11.5 Å². The van der Waals surface area contributed by atoms with Gasteiger partial charge in [-0.1, -0.05) is 6.07 Å². The number of carboxylic acid groups (broad SMARTS) is 1. The Balaban J connectivity index is 1.48. The van der Waals surface area contributed by atoms with Crippen molar-refractivity contribution >= 4 is 22.8 Å². The Morgan fingerprint density at radius 1 is 0.889 bits per heavy atom. The van der Waals surface area contributed by atoms with E-state index in [9.17, 15) is 15.0 Å². The van der Waals surface area contributed by atoms with Crippen molar-refractivity contribution in [1.29, 1.82) is 0 Å². The molecule has 0 saturated carbocycles. The van der Waals surface area contributed by atoms with E-state index in [2.05, 4.69) is 4.99 Å². The molecule has 1 heterocycles. The summed E-state index contributed by atoms with van der Waals surface area (Å²) < 4.78 is 37.5. The zero-order valence-electron chi connectivity index (χ0n) is 20.9. The predicted octanol–water partition coefficient (Wildman–Crippen LogP) is 1.84. The number of carbonyl (C=O) groups is 1. The van der Waals surface area contributed by atoms with Crippen LogP contribution >= 0.6 is 11.8 Å². The molecule has 2 rings (SSSR count). The molecule has 2 N–H and O–H groups in total. The first kappa shape index (κ1) is 30.3. The molecule has 1 aliphatic rings. The molecule has 1 aromatic rings. The lowest BCUT2D eigenvalue weighted by molar-refractivity contribution is -0.141. The van der Waals surface area contributed by atoms with Crippen molar-refractivity contribution in [2.24, 2.45) is 4.99 Å². The molecule has 0 fully saturated rings. The minimum absolute atomic E-state index is 0.0671. The highest BCUT2D eigenvalue weighted by Gasteiger charge is 2.39. The first-order chi connectivity index (χ1) is 17.5. The number of hydrogen-bond donors (Lipinski definition) is 2. The van der Waals surface area contributed by atoms with Crippen LogP contribution in [-0.2, 0) is 33.2 Å². The molecule has 0 bridgehead atoms. The molecular weight excluding hydrogens is 494 g/mol. The number of rotatable bonds is 21. The minimum atomic E-state index is -1.19. The van der Waals surface area contributed by atoms with Crippen LogP contribution in [0.2, 0.25) is 0 Å². The third-order valence-electron chi connectivity index (χ3n) is 4.93. The van der Waals surface area contributed by atoms with Crippen molar-refractivity contribution < 1.29 is 48.2 Å². The van der Waals surface area contributed by atoms with Gasteiger partial charge in [0.15, 0.2) is 17.0 Å². The van der Waals surface area contributed by atoms with Gasteiger partial charge in [0.2, 0.25) is 0 Å². The Hall–Kier alpha value is -1.93. The van der Waals surface area contributed by atoms with E-state index in [-0.39, 0.29) is 12.4 Å². The summed E-state index contributed by atoms with van der Waals surface area (Å²) >= 11 is 1.30. The Labute approximate surface area is 216 Å². The maximum absolute atomic E-state index is 11.4. The van der Waals surface area contributed by atoms with E-state index in [0.29, 0.717) is 94.8 Å². The summed E-state index contributed by atoms with van der Waals surface area (Å²) in [6.07, 6.45) is 0. The van der Waals surface area contributed by atoms with Gasteiger partial charge >= 0.3 is 5.97 Å². The summed E-state index contributed by atoms with van der Waals surface area (Å²) in [5, 5.41) is 20.4. The number of aromatic hydroxyl groups is 1. The standard InChI is InChI=1S/C24H37NO10S/c1-24(23(27)28)18-36-22(25-24)19-4-3-5-20(21(19)26)35-17-16-34-15-14-33-13-12-32-11-10-31-9-8-30-7-6-29-2/h3-5,26H,6-18H2,1-2H3,(H,27,28)/t24-/m1/s1. The first-order valence-corrected chi connectivity index (χ1v) is 12.8. The van der Waals surface area contributed by atoms with Gasteiger partial charge in [-0.3, -0.25) is 4.99 Å². The SMILES string of the molecule is COCCOCCOCCOCCOCCOCCOc1cccc(C2=N[C@@](C)(C(=O)O)CS2)c1O. The van der Waals surface area contributed by atoms with E-state index in [0.717, 1.165) is 0 Å². The monoisotopic (exact) mass is 531 g/mol. The average Bonchev–Trinajstić information content (AvgIpc) is 3.27. The summed E-state index contributed by atoms with van der Waals surface area (Å²) in [6.45, 7) is 7.09. The number of thioether (sulfide) groups is 1. The number of carboxylic acids is 1. The number of phenolic OH excluding ortho intramolecular Hbond substituents is 1. The lowest BCUT2D eigenvalue weighted by Gasteiger charge is -2.12. The van der Waals surface area contributed by atoms with Crippen LogP contribution in [0.25, 0.3) is 0 Å². The average molecular weight is 532 g/mol. The molecule has 0 spiro atoms. The number of phenols is 1. The summed E-state index contributed by atoms with van der Waals surface area (Å²) in [4.78, 5) is 15.7. The van der Waals surface area contributed by atoms with Gasteiger partial charge in [-0.2, -0.15) is 0 Å². The molecule has 0 amide bonds. The molecule has 0 aromatic heterocycles. The van der Waals surface area contributed by atoms with Crippen LogP contribution in [-0.4, -0.2) is 119 Å². The maximum Gasteiger partial charge on any atom is 0.332 e. The molecule has 1 aromatic carbocycles. The number of nitrogens with zero attached hydrogens (tertiary/aromatic N) is 1. The summed E-state index contributed by atoms with van der Waals surface area (Å²) in [7, 11) is 1.63. The van der Waals surface area contributed by atoms with Crippen LogP contribution in [0.4, 0.5) is 0 Å². The quantitative estimate of drug-likeness (QED) is 0.225. The summed E-state index contributed by atoms with van der Waals surface area (Å²) in [5.74, 6) is -0.460. The summed E-state index contributed by atoms with van der Waals surface area (Å²) in [6, 6.07) is 5.05. The van der Waals surface area contributed by atoms with Gasteiger partial charge in [-0.15, -0.1) is 11.8 Å². The number of methoxy groups -OCH3 is 1. The van der Waals surface area contributed by atoms with Gasteiger partial charge in [0.1, 0.15) is 11.7 Å². The topological polar surface area (TPSA) is 135 Å². The largest absolute Gasteiger partial charge is 0.504 e. The fourth-order valence-corrected chi connectivity index (χ4v) is 4.08. The van der Waals surface area contributed by atoms with Crippen LogP contribution in [0.1, 0.15) is 12.5 Å². The highest BCUT2D eigenvalue weighted by molar-refractivity contribution is 8.14. The first-order valence-electron chi connectivity index (χ1n) is 11.8. The molecule has 0 aliphatic carbocycles. The molecule has 0 radical (unpaired) electrons. The minimum Gasteiger partial charge on any atom is -0.504 e. The highest BCUT2D eigenvalue weighted by Crippen LogP contribution is 2.37. The second kappa shape index (κ2) is 17.5. The molecule has 0 saturated heterocycles. The molecule has 0 unspecified atom stereocenters. The number of benzene rings is 1. The van der Waals surface area contributed by atoms with Gasteiger partial charge < -0.3 is 43.4 Å². The molecule has 1 atom stereocenters. The maximum atomic E-state index is 11.4. The number of aliphatic imine (C=N–C) groups is 1. The van der Waals surface area contributed by atoms with Gasteiger partial charge in [0.05, 0.1) is 78.2 Å². The van der Waals surface area contributed by atoms with Crippen molar-refractivity contribution in [1.82, 2.24) is 0 Å². The van der Waals surface area contributed by atoms with Crippen LogP contribution in [0.15, 0.2) is 23.2 Å². The van der Waals surface area contributed by atoms with Crippen LogP contribution in [0.5, 0.6) is 11.5 Å². The third-order valence-corrected chi connectivity index (χ3v) is 6.22. The van der Waals surface area contributed by atoms with E-state index in [4.69, 9.17) is 33.2 Å². The normalized spacial score (nSPS) is 17.3. The van der Waals surface area contributed by atoms with E-state index >= 15 is 0 Å². The van der Waals surface area contributed by atoms with Gasteiger partial charge in [-0.25, -0.2) is 4.79 Å². The van der Waals surface area contributed by atoms with E-state index < -0.39 is 11.5 Å². The molecule has 11 nitrogen and oxygen atoms in total. The highest BCUT2D eigenvalue weighted by atomic mass is 32.2. The van der Waals surface area contributed by atoms with Crippen molar-refractivity contribution in [2.75, 3.05) is 92.1 Å². The number of ether oxygens (including phenoxy) is 7. The predicted molar refractivity (Wildman–Crippen MR) is 135 cm³/mol. The number of para-hydroxylation sites is 1. The molecule has 1 aliphatic heterocycles. The van der Waals surface area contributed by atoms with Gasteiger partial charge in [0.25, 0.3) is 0 Å².